The minimum absolute atomic E-state index is 0.0115. The van der Waals surface area contributed by atoms with E-state index in [4.69, 9.17) is 21.1 Å². The van der Waals surface area contributed by atoms with Gasteiger partial charge in [0.25, 0.3) is 5.91 Å². The van der Waals surface area contributed by atoms with E-state index in [1.807, 2.05) is 23.1 Å². The third kappa shape index (κ3) is 4.23. The Bertz CT molecular complexity index is 847. The summed E-state index contributed by atoms with van der Waals surface area (Å²) in [6, 6.07) is 9.40. The first-order valence-corrected chi connectivity index (χ1v) is 9.99. The highest BCUT2D eigenvalue weighted by Gasteiger charge is 2.24. The number of pyridine rings is 1. The van der Waals surface area contributed by atoms with Crippen LogP contribution in [0, 0.1) is 6.92 Å². The van der Waals surface area contributed by atoms with E-state index in [0.717, 1.165) is 30.2 Å². The molecule has 7 heteroatoms. The highest BCUT2D eigenvalue weighted by molar-refractivity contribution is 6.30. The van der Waals surface area contributed by atoms with E-state index >= 15 is 0 Å². The second-order valence-electron chi connectivity index (χ2n) is 7.20. The van der Waals surface area contributed by atoms with Crippen molar-refractivity contribution in [3.8, 4) is 5.88 Å². The van der Waals surface area contributed by atoms with Gasteiger partial charge in [-0.2, -0.15) is 0 Å². The van der Waals surface area contributed by atoms with Crippen LogP contribution in [0.2, 0.25) is 5.02 Å². The van der Waals surface area contributed by atoms with Gasteiger partial charge in [-0.05, 0) is 30.7 Å². The number of carbonyl (C=O) groups excluding carboxylic acids is 1. The molecule has 2 aromatic rings. The van der Waals surface area contributed by atoms with Crippen LogP contribution in [0.15, 0.2) is 36.5 Å². The third-order valence-electron chi connectivity index (χ3n) is 5.24. The van der Waals surface area contributed by atoms with E-state index in [9.17, 15) is 4.79 Å². The summed E-state index contributed by atoms with van der Waals surface area (Å²) in [5.41, 5.74) is 2.94. The largest absolute Gasteiger partial charge is 0.472 e. The lowest BCUT2D eigenvalue weighted by Gasteiger charge is -2.37. The molecule has 148 valence electrons. The van der Waals surface area contributed by atoms with Gasteiger partial charge in [0.15, 0.2) is 0 Å². The van der Waals surface area contributed by atoms with Crippen molar-refractivity contribution in [1.82, 2.24) is 9.88 Å². The number of anilines is 1. The van der Waals surface area contributed by atoms with Crippen molar-refractivity contribution in [1.29, 1.82) is 0 Å². The number of hydrogen-bond donors (Lipinski definition) is 0. The lowest BCUT2D eigenvalue weighted by Crippen LogP contribution is -2.49. The van der Waals surface area contributed by atoms with Gasteiger partial charge in [0.05, 0.1) is 13.2 Å². The van der Waals surface area contributed by atoms with Crippen LogP contribution in [0.25, 0.3) is 0 Å². The Morgan fingerprint density at radius 3 is 2.79 bits per heavy atom. The molecule has 0 spiro atoms. The molecule has 4 rings (SSSR count). The number of nitrogens with zero attached hydrogens (tertiary/aromatic N) is 3. The minimum atomic E-state index is 0.0115. The molecule has 2 saturated heterocycles. The number of aryl methyl sites for hydroxylation is 1. The number of amides is 1. The monoisotopic (exact) mass is 401 g/mol. The maximum absolute atomic E-state index is 12.9. The van der Waals surface area contributed by atoms with Gasteiger partial charge in [-0.25, -0.2) is 4.98 Å². The predicted octanol–water partition coefficient (Wildman–Crippen LogP) is 3.17. The number of halogens is 1. The van der Waals surface area contributed by atoms with Gasteiger partial charge in [0.1, 0.15) is 6.10 Å². The molecule has 2 aliphatic heterocycles. The van der Waals surface area contributed by atoms with E-state index in [1.165, 1.54) is 5.56 Å². The highest BCUT2D eigenvalue weighted by Crippen LogP contribution is 2.26. The lowest BCUT2D eigenvalue weighted by atomic mass is 10.1. The molecule has 3 heterocycles. The molecule has 1 atom stereocenters. The third-order valence-corrected chi connectivity index (χ3v) is 5.47. The Labute approximate surface area is 170 Å². The summed E-state index contributed by atoms with van der Waals surface area (Å²) >= 11 is 6.15. The summed E-state index contributed by atoms with van der Waals surface area (Å²) in [6.45, 7) is 6.25. The Hall–Kier alpha value is -2.31. The average Bonchev–Trinajstić information content (AvgIpc) is 3.23. The second kappa shape index (κ2) is 8.37. The zero-order valence-corrected chi connectivity index (χ0v) is 16.7. The first-order chi connectivity index (χ1) is 13.6. The first-order valence-electron chi connectivity index (χ1n) is 9.61. The van der Waals surface area contributed by atoms with Gasteiger partial charge >= 0.3 is 0 Å². The van der Waals surface area contributed by atoms with E-state index in [0.29, 0.717) is 37.7 Å². The fraction of sp³-hybridized carbons (Fsp3) is 0.429. The lowest BCUT2D eigenvalue weighted by molar-refractivity contribution is 0.0745. The van der Waals surface area contributed by atoms with Gasteiger partial charge in [0, 0.05) is 61.1 Å². The smallest absolute Gasteiger partial charge is 0.254 e. The second-order valence-corrected chi connectivity index (χ2v) is 7.63. The number of carbonyl (C=O) groups is 1. The van der Waals surface area contributed by atoms with Gasteiger partial charge in [-0.15, -0.1) is 0 Å². The summed E-state index contributed by atoms with van der Waals surface area (Å²) < 4.78 is 11.1. The first kappa shape index (κ1) is 19.0. The maximum Gasteiger partial charge on any atom is 0.254 e. The summed E-state index contributed by atoms with van der Waals surface area (Å²) in [5.74, 6) is 0.493. The molecule has 0 bridgehead atoms. The number of ether oxygens (including phenoxy) is 2. The molecule has 0 saturated carbocycles. The predicted molar refractivity (Wildman–Crippen MR) is 108 cm³/mol. The number of piperazine rings is 1. The molecule has 6 nitrogen and oxygen atoms in total. The van der Waals surface area contributed by atoms with Crippen molar-refractivity contribution in [3.63, 3.8) is 0 Å². The van der Waals surface area contributed by atoms with E-state index in [1.54, 1.807) is 18.3 Å². The summed E-state index contributed by atoms with van der Waals surface area (Å²) in [7, 11) is 0. The van der Waals surface area contributed by atoms with Crippen molar-refractivity contribution in [2.45, 2.75) is 19.4 Å². The fourth-order valence-electron chi connectivity index (χ4n) is 3.64. The number of rotatable bonds is 4. The molecule has 1 aromatic carbocycles. The summed E-state index contributed by atoms with van der Waals surface area (Å²) in [5, 5.41) is 0.732. The van der Waals surface area contributed by atoms with Crippen LogP contribution in [0.3, 0.4) is 0 Å². The van der Waals surface area contributed by atoms with Gasteiger partial charge in [0.2, 0.25) is 5.88 Å². The SMILES string of the molecule is Cc1ccc(Cl)cc1N1CCN(C(=O)c2ccnc(OC3CCOC3)c2)CC1. The van der Waals surface area contributed by atoms with Crippen LogP contribution < -0.4 is 9.64 Å². The molecule has 1 aromatic heterocycles. The van der Waals surface area contributed by atoms with Crippen LogP contribution in [0.5, 0.6) is 5.88 Å². The normalized spacial score (nSPS) is 19.7. The fourth-order valence-corrected chi connectivity index (χ4v) is 3.81. The topological polar surface area (TPSA) is 54.9 Å². The van der Waals surface area contributed by atoms with Crippen molar-refractivity contribution in [2.75, 3.05) is 44.3 Å². The number of hydrogen-bond acceptors (Lipinski definition) is 5. The Balaban J connectivity index is 1.39. The average molecular weight is 402 g/mol. The van der Waals surface area contributed by atoms with Crippen LogP contribution >= 0.6 is 11.6 Å². The highest BCUT2D eigenvalue weighted by atomic mass is 35.5. The summed E-state index contributed by atoms with van der Waals surface area (Å²) in [6.07, 6.45) is 2.50. The quantitative estimate of drug-likeness (QED) is 0.787. The van der Waals surface area contributed by atoms with Gasteiger partial charge in [-0.3, -0.25) is 4.79 Å². The van der Waals surface area contributed by atoms with Crippen LogP contribution in [0.1, 0.15) is 22.3 Å². The zero-order chi connectivity index (χ0) is 19.5. The number of benzene rings is 1. The molecule has 28 heavy (non-hydrogen) atoms. The Morgan fingerprint density at radius 1 is 1.21 bits per heavy atom. The molecule has 2 fully saturated rings. The standard InChI is InChI=1S/C21H24ClN3O3/c1-15-2-3-17(22)13-19(15)24-7-9-25(10-8-24)21(26)16-4-6-23-20(12-16)28-18-5-11-27-14-18/h2-4,6,12-13,18H,5,7-11,14H2,1H3. The van der Waals surface area contributed by atoms with Gasteiger partial charge < -0.3 is 19.3 Å². The number of aromatic nitrogens is 1. The summed E-state index contributed by atoms with van der Waals surface area (Å²) in [4.78, 5) is 21.3. The van der Waals surface area contributed by atoms with Crippen molar-refractivity contribution in [3.05, 3.63) is 52.7 Å². The van der Waals surface area contributed by atoms with Crippen molar-refractivity contribution < 1.29 is 14.3 Å². The maximum atomic E-state index is 12.9. The van der Waals surface area contributed by atoms with Crippen LogP contribution in [-0.4, -0.2) is 61.3 Å². The molecular formula is C21H24ClN3O3. The molecule has 2 aliphatic rings. The molecule has 1 unspecified atom stereocenters. The molecule has 0 N–H and O–H groups in total. The van der Waals surface area contributed by atoms with Crippen molar-refractivity contribution >= 4 is 23.2 Å². The Kier molecular flexibility index (Phi) is 5.69. The molecule has 0 aliphatic carbocycles. The van der Waals surface area contributed by atoms with E-state index < -0.39 is 0 Å². The zero-order valence-electron chi connectivity index (χ0n) is 15.9. The molecule has 1 amide bonds. The Morgan fingerprint density at radius 2 is 2.04 bits per heavy atom. The van der Waals surface area contributed by atoms with E-state index in [-0.39, 0.29) is 12.0 Å². The van der Waals surface area contributed by atoms with Gasteiger partial charge in [-0.1, -0.05) is 17.7 Å². The van der Waals surface area contributed by atoms with E-state index in [2.05, 4.69) is 16.8 Å². The minimum Gasteiger partial charge on any atom is -0.472 e. The van der Waals surface area contributed by atoms with Crippen LogP contribution in [0.4, 0.5) is 5.69 Å². The molecular weight excluding hydrogens is 378 g/mol. The van der Waals surface area contributed by atoms with Crippen LogP contribution in [-0.2, 0) is 4.74 Å². The van der Waals surface area contributed by atoms with Crippen molar-refractivity contribution in [2.24, 2.45) is 0 Å². The molecule has 0 radical (unpaired) electrons.